The summed E-state index contributed by atoms with van der Waals surface area (Å²) in [5, 5.41) is 8.47. The van der Waals surface area contributed by atoms with Crippen molar-refractivity contribution in [1.82, 2.24) is 0 Å². The van der Waals surface area contributed by atoms with Crippen molar-refractivity contribution in [2.45, 2.75) is 6.92 Å². The van der Waals surface area contributed by atoms with Gasteiger partial charge in [-0.1, -0.05) is 6.92 Å². The van der Waals surface area contributed by atoms with E-state index >= 15 is 0 Å². The van der Waals surface area contributed by atoms with Crippen LogP contribution in [-0.2, 0) is 11.0 Å². The highest BCUT2D eigenvalue weighted by Gasteiger charge is 2.03. The van der Waals surface area contributed by atoms with Gasteiger partial charge in [0.15, 0.2) is 0 Å². The van der Waals surface area contributed by atoms with E-state index < -0.39 is 16.8 Å². The van der Waals surface area contributed by atoms with Crippen molar-refractivity contribution >= 4 is 16.7 Å². The molecule has 0 aliphatic rings. The topological polar surface area (TPSA) is 52.9 Å². The zero-order valence-corrected chi connectivity index (χ0v) is 8.40. The summed E-state index contributed by atoms with van der Waals surface area (Å²) < 4.78 is 26.7. The van der Waals surface area contributed by atoms with Crippen LogP contribution in [0.15, 0.2) is 18.2 Å². The van der Waals surface area contributed by atoms with Crippen LogP contribution >= 0.6 is 0 Å². The van der Waals surface area contributed by atoms with Crippen molar-refractivity contribution in [2.75, 3.05) is 10.5 Å². The number of rotatable bonds is 3. The van der Waals surface area contributed by atoms with E-state index in [0.29, 0.717) is 11.4 Å². The normalized spacial score (nSPS) is 11.8. The first-order chi connectivity index (χ1) is 6.67. The first-order valence-electron chi connectivity index (χ1n) is 4.02. The summed E-state index contributed by atoms with van der Waals surface area (Å²) in [7, 11) is -1.19. The number of hydrogen-bond donors (Lipinski definition) is 1. The van der Waals surface area contributed by atoms with E-state index in [0.717, 1.165) is 6.07 Å². The van der Waals surface area contributed by atoms with E-state index in [1.54, 1.807) is 13.0 Å². The molecule has 0 radical (unpaired) electrons. The molecule has 0 saturated carbocycles. The van der Waals surface area contributed by atoms with E-state index in [4.69, 9.17) is 5.26 Å². The number of halogens is 1. The Morgan fingerprint density at radius 3 is 2.86 bits per heavy atom. The fourth-order valence-corrected chi connectivity index (χ4v) is 1.41. The van der Waals surface area contributed by atoms with Crippen molar-refractivity contribution < 1.29 is 8.60 Å². The van der Waals surface area contributed by atoms with Crippen LogP contribution < -0.4 is 4.72 Å². The average molecular weight is 212 g/mol. The third-order valence-electron chi connectivity index (χ3n) is 1.58. The molecule has 14 heavy (non-hydrogen) atoms. The molecule has 0 aliphatic heterocycles. The molecule has 3 nitrogen and oxygen atoms in total. The van der Waals surface area contributed by atoms with Crippen LogP contribution in [0.1, 0.15) is 12.5 Å². The number of nitriles is 1. The SMILES string of the molecule is CCS(=O)Nc1ccc(C#N)c(F)c1. The third kappa shape index (κ3) is 2.54. The molecule has 1 atom stereocenters. The molecule has 0 fully saturated rings. The minimum atomic E-state index is -1.19. The lowest BCUT2D eigenvalue weighted by atomic mass is 10.2. The standard InChI is InChI=1S/C9H9FN2OS/c1-2-14(13)12-8-4-3-7(6-11)9(10)5-8/h3-5,12H,2H2,1H3. The number of anilines is 1. The van der Waals surface area contributed by atoms with Gasteiger partial charge in [-0.3, -0.25) is 0 Å². The molecule has 0 aliphatic carbocycles. The lowest BCUT2D eigenvalue weighted by molar-refractivity contribution is 0.624. The fraction of sp³-hybridized carbons (Fsp3) is 0.222. The van der Waals surface area contributed by atoms with E-state index in [9.17, 15) is 8.60 Å². The number of benzene rings is 1. The Hall–Kier alpha value is -1.41. The minimum Gasteiger partial charge on any atom is -0.305 e. The van der Waals surface area contributed by atoms with Gasteiger partial charge in [-0.2, -0.15) is 5.26 Å². The van der Waals surface area contributed by atoms with Gasteiger partial charge in [-0.05, 0) is 18.2 Å². The molecule has 1 rings (SSSR count). The summed E-state index contributed by atoms with van der Waals surface area (Å²) in [6.07, 6.45) is 0. The predicted octanol–water partition coefficient (Wildman–Crippen LogP) is 1.79. The molecule has 0 aromatic heterocycles. The molecule has 1 aromatic rings. The minimum absolute atomic E-state index is 0.0159. The zero-order valence-electron chi connectivity index (χ0n) is 7.58. The van der Waals surface area contributed by atoms with Gasteiger partial charge < -0.3 is 4.72 Å². The number of hydrogen-bond acceptors (Lipinski definition) is 2. The Balaban J connectivity index is 2.88. The predicted molar refractivity (Wildman–Crippen MR) is 53.4 cm³/mol. The van der Waals surface area contributed by atoms with Crippen molar-refractivity contribution in [3.05, 3.63) is 29.6 Å². The van der Waals surface area contributed by atoms with Crippen molar-refractivity contribution in [1.29, 1.82) is 5.26 Å². The van der Waals surface area contributed by atoms with Crippen LogP contribution in [0.3, 0.4) is 0 Å². The van der Waals surface area contributed by atoms with Crippen LogP contribution in [-0.4, -0.2) is 9.96 Å². The van der Waals surface area contributed by atoms with Gasteiger partial charge in [0.05, 0.1) is 5.56 Å². The number of nitrogens with zero attached hydrogens (tertiary/aromatic N) is 1. The first-order valence-corrected chi connectivity index (χ1v) is 5.34. The molecule has 1 unspecified atom stereocenters. The Kier molecular flexibility index (Phi) is 3.60. The molecule has 74 valence electrons. The van der Waals surface area contributed by atoms with Crippen LogP contribution in [0.25, 0.3) is 0 Å². The van der Waals surface area contributed by atoms with Crippen LogP contribution in [0.4, 0.5) is 10.1 Å². The summed E-state index contributed by atoms with van der Waals surface area (Å²) in [4.78, 5) is 0. The monoisotopic (exact) mass is 212 g/mol. The highest BCUT2D eigenvalue weighted by molar-refractivity contribution is 7.86. The van der Waals surface area contributed by atoms with E-state index in [2.05, 4.69) is 4.72 Å². The highest BCUT2D eigenvalue weighted by Crippen LogP contribution is 2.14. The maximum atomic E-state index is 13.0. The van der Waals surface area contributed by atoms with E-state index in [1.165, 1.54) is 12.1 Å². The van der Waals surface area contributed by atoms with Crippen molar-refractivity contribution in [2.24, 2.45) is 0 Å². The molecule has 0 heterocycles. The second-order valence-electron chi connectivity index (χ2n) is 2.54. The van der Waals surface area contributed by atoms with Gasteiger partial charge in [-0.25, -0.2) is 8.60 Å². The van der Waals surface area contributed by atoms with Gasteiger partial charge in [0, 0.05) is 11.4 Å². The zero-order chi connectivity index (χ0) is 10.6. The highest BCUT2D eigenvalue weighted by atomic mass is 32.2. The second-order valence-corrected chi connectivity index (χ2v) is 4.02. The Labute approximate surface area is 84.1 Å². The number of nitrogens with one attached hydrogen (secondary N) is 1. The lowest BCUT2D eigenvalue weighted by Gasteiger charge is -2.04. The van der Waals surface area contributed by atoms with Gasteiger partial charge in [0.25, 0.3) is 0 Å². The Morgan fingerprint density at radius 1 is 1.64 bits per heavy atom. The van der Waals surface area contributed by atoms with E-state index in [1.807, 2.05) is 0 Å². The largest absolute Gasteiger partial charge is 0.305 e. The average Bonchev–Trinajstić information content (AvgIpc) is 2.18. The smallest absolute Gasteiger partial charge is 0.143 e. The van der Waals surface area contributed by atoms with Gasteiger partial charge in [0.1, 0.15) is 22.9 Å². The van der Waals surface area contributed by atoms with Crippen molar-refractivity contribution in [3.63, 3.8) is 0 Å². The molecule has 0 saturated heterocycles. The van der Waals surface area contributed by atoms with Crippen LogP contribution in [0, 0.1) is 17.1 Å². The van der Waals surface area contributed by atoms with Gasteiger partial charge in [-0.15, -0.1) is 0 Å². The molecule has 1 N–H and O–H groups in total. The van der Waals surface area contributed by atoms with Crippen LogP contribution in [0.2, 0.25) is 0 Å². The maximum Gasteiger partial charge on any atom is 0.143 e. The summed E-state index contributed by atoms with van der Waals surface area (Å²) >= 11 is 0. The van der Waals surface area contributed by atoms with Gasteiger partial charge >= 0.3 is 0 Å². The maximum absolute atomic E-state index is 13.0. The van der Waals surface area contributed by atoms with Crippen molar-refractivity contribution in [3.8, 4) is 6.07 Å². The Morgan fingerprint density at radius 2 is 2.36 bits per heavy atom. The molecule has 5 heteroatoms. The summed E-state index contributed by atoms with van der Waals surface area (Å²) in [6, 6.07) is 5.74. The molecule has 0 spiro atoms. The summed E-state index contributed by atoms with van der Waals surface area (Å²) in [5.74, 6) is -0.160. The van der Waals surface area contributed by atoms with Crippen LogP contribution in [0.5, 0.6) is 0 Å². The van der Waals surface area contributed by atoms with E-state index in [-0.39, 0.29) is 5.56 Å². The van der Waals surface area contributed by atoms with Gasteiger partial charge in [0.2, 0.25) is 0 Å². The molecule has 1 aromatic carbocycles. The summed E-state index contributed by atoms with van der Waals surface area (Å²) in [6.45, 7) is 1.75. The fourth-order valence-electron chi connectivity index (χ4n) is 0.873. The third-order valence-corrected chi connectivity index (χ3v) is 2.57. The molecule has 0 amide bonds. The summed E-state index contributed by atoms with van der Waals surface area (Å²) in [5.41, 5.74) is 0.402. The second kappa shape index (κ2) is 4.72. The lowest BCUT2D eigenvalue weighted by Crippen LogP contribution is -2.06. The Bertz CT molecular complexity index is 400. The molecule has 0 bridgehead atoms. The quantitative estimate of drug-likeness (QED) is 0.830. The molecular formula is C9H9FN2OS. The first kappa shape index (κ1) is 10.7. The molecular weight excluding hydrogens is 203 g/mol.